The molecule has 0 saturated carbocycles. The maximum absolute atomic E-state index is 13.3. The van der Waals surface area contributed by atoms with Gasteiger partial charge in [0.2, 0.25) is 0 Å². The van der Waals surface area contributed by atoms with Crippen LogP contribution in [0.4, 0.5) is 0 Å². The molecule has 5 rings (SSSR count). The molecular weight excluding hydrogens is 468 g/mol. The highest BCUT2D eigenvalue weighted by Crippen LogP contribution is 2.46. The molecule has 8 nitrogen and oxygen atoms in total. The number of aromatic nitrogens is 2. The lowest BCUT2D eigenvalue weighted by molar-refractivity contribution is -0.185. The van der Waals surface area contributed by atoms with E-state index in [1.54, 1.807) is 75.9 Å². The summed E-state index contributed by atoms with van der Waals surface area (Å²) in [6.07, 6.45) is 0.185. The van der Waals surface area contributed by atoms with Gasteiger partial charge in [-0.1, -0.05) is 12.1 Å². The summed E-state index contributed by atoms with van der Waals surface area (Å²) < 4.78 is 30.3. The van der Waals surface area contributed by atoms with Crippen molar-refractivity contribution < 1.29 is 28.8 Å². The number of esters is 1. The van der Waals surface area contributed by atoms with Crippen LogP contribution in [0.1, 0.15) is 16.7 Å². The van der Waals surface area contributed by atoms with E-state index >= 15 is 0 Å². The average molecular weight is 491 g/mol. The Balaban J connectivity index is 1.70. The molecule has 0 aliphatic carbocycles. The zero-order chi connectivity index (χ0) is 24.6. The van der Waals surface area contributed by atoms with E-state index in [9.17, 15) is 9.90 Å². The molecule has 1 atom stereocenters. The van der Waals surface area contributed by atoms with Crippen LogP contribution in [-0.2, 0) is 21.7 Å². The van der Waals surface area contributed by atoms with E-state index in [2.05, 4.69) is 8.75 Å². The fraction of sp³-hybridized carbons (Fsp3) is 0.192. The summed E-state index contributed by atoms with van der Waals surface area (Å²) in [5.74, 6) is -0.810. The van der Waals surface area contributed by atoms with Crippen LogP contribution in [0.15, 0.2) is 66.2 Å². The number of nitrogens with zero attached hydrogens (tertiary/aromatic N) is 2. The second-order valence-corrected chi connectivity index (χ2v) is 8.47. The summed E-state index contributed by atoms with van der Waals surface area (Å²) in [6, 6.07) is 17.5. The second kappa shape index (κ2) is 9.01. The molecule has 178 valence electrons. The van der Waals surface area contributed by atoms with Crippen molar-refractivity contribution in [3.05, 3.63) is 82.9 Å². The first-order valence-corrected chi connectivity index (χ1v) is 11.5. The molecule has 9 heteroatoms. The van der Waals surface area contributed by atoms with Crippen LogP contribution in [0, 0.1) is 0 Å². The Bertz CT molecular complexity index is 1450. The van der Waals surface area contributed by atoms with Crippen molar-refractivity contribution in [1.82, 2.24) is 8.75 Å². The van der Waals surface area contributed by atoms with Gasteiger partial charge >= 0.3 is 5.97 Å². The Hall–Kier alpha value is -3.95. The Labute approximate surface area is 205 Å². The van der Waals surface area contributed by atoms with E-state index in [0.29, 0.717) is 39.5 Å². The Morgan fingerprint density at radius 1 is 0.886 bits per heavy atom. The number of hydrogen-bond acceptors (Lipinski definition) is 9. The van der Waals surface area contributed by atoms with Gasteiger partial charge in [0, 0.05) is 23.6 Å². The minimum atomic E-state index is -1.99. The van der Waals surface area contributed by atoms with Crippen LogP contribution in [0.5, 0.6) is 17.2 Å². The number of carbonyl (C=O) groups is 1. The standard InChI is InChI=1S/C26H22N2O6S/c1-31-18-9-6-17(7-10-18)26(30)20(12-15-4-8-19(32-2)14-23(15)33-3)24(25(29)34-26)16-5-11-21-22(13-16)28-35-27-21/h4-11,13-14,30H,12H2,1-3H3. The second-order valence-electron chi connectivity index (χ2n) is 7.94. The van der Waals surface area contributed by atoms with Crippen LogP contribution in [0.3, 0.4) is 0 Å². The van der Waals surface area contributed by atoms with Crippen molar-refractivity contribution in [2.75, 3.05) is 21.3 Å². The van der Waals surface area contributed by atoms with E-state index in [4.69, 9.17) is 18.9 Å². The van der Waals surface area contributed by atoms with Crippen LogP contribution >= 0.6 is 11.7 Å². The molecular formula is C26H22N2O6S. The van der Waals surface area contributed by atoms with Gasteiger partial charge in [-0.15, -0.1) is 0 Å². The number of rotatable bonds is 7. The van der Waals surface area contributed by atoms with Gasteiger partial charge in [-0.05, 0) is 53.6 Å². The Morgan fingerprint density at radius 3 is 2.31 bits per heavy atom. The van der Waals surface area contributed by atoms with E-state index < -0.39 is 11.8 Å². The first-order chi connectivity index (χ1) is 17.0. The number of methoxy groups -OCH3 is 3. The molecule has 1 N–H and O–H groups in total. The number of cyclic esters (lactones) is 1. The number of aliphatic hydroxyl groups is 1. The van der Waals surface area contributed by atoms with Gasteiger partial charge in [-0.2, -0.15) is 8.75 Å². The highest BCUT2D eigenvalue weighted by Gasteiger charge is 2.48. The zero-order valence-corrected chi connectivity index (χ0v) is 20.1. The molecule has 0 fully saturated rings. The van der Waals surface area contributed by atoms with E-state index in [1.807, 2.05) is 6.07 Å². The third kappa shape index (κ3) is 3.98. The highest BCUT2D eigenvalue weighted by molar-refractivity contribution is 7.00. The third-order valence-electron chi connectivity index (χ3n) is 6.04. The monoisotopic (exact) mass is 490 g/mol. The molecule has 2 heterocycles. The molecule has 0 radical (unpaired) electrons. The Kier molecular flexibility index (Phi) is 5.88. The van der Waals surface area contributed by atoms with E-state index in [-0.39, 0.29) is 12.0 Å². The van der Waals surface area contributed by atoms with Gasteiger partial charge in [-0.25, -0.2) is 4.79 Å². The maximum atomic E-state index is 13.3. The van der Waals surface area contributed by atoms with Crippen molar-refractivity contribution in [2.45, 2.75) is 12.2 Å². The summed E-state index contributed by atoms with van der Waals surface area (Å²) in [6.45, 7) is 0. The summed E-state index contributed by atoms with van der Waals surface area (Å²) in [4.78, 5) is 13.3. The largest absolute Gasteiger partial charge is 0.497 e. The van der Waals surface area contributed by atoms with Crippen molar-refractivity contribution in [1.29, 1.82) is 0 Å². The first-order valence-electron chi connectivity index (χ1n) is 10.7. The minimum Gasteiger partial charge on any atom is -0.497 e. The molecule has 3 aromatic carbocycles. The molecule has 0 bridgehead atoms. The van der Waals surface area contributed by atoms with Crippen molar-refractivity contribution in [3.8, 4) is 17.2 Å². The molecule has 0 saturated heterocycles. The van der Waals surface area contributed by atoms with Crippen molar-refractivity contribution >= 4 is 34.3 Å². The summed E-state index contributed by atoms with van der Waals surface area (Å²) in [5.41, 5.74) is 3.79. The van der Waals surface area contributed by atoms with Gasteiger partial charge in [0.25, 0.3) is 5.79 Å². The quantitative estimate of drug-likeness (QED) is 0.386. The van der Waals surface area contributed by atoms with Gasteiger partial charge < -0.3 is 24.1 Å². The molecule has 4 aromatic rings. The lowest BCUT2D eigenvalue weighted by Crippen LogP contribution is -2.29. The van der Waals surface area contributed by atoms with Crippen LogP contribution in [-0.4, -0.2) is 41.2 Å². The molecule has 0 spiro atoms. The van der Waals surface area contributed by atoms with Crippen molar-refractivity contribution in [2.24, 2.45) is 0 Å². The molecule has 1 aromatic heterocycles. The van der Waals surface area contributed by atoms with Gasteiger partial charge in [-0.3, -0.25) is 0 Å². The molecule has 35 heavy (non-hydrogen) atoms. The molecule has 1 aliphatic rings. The lowest BCUT2D eigenvalue weighted by Gasteiger charge is -2.26. The summed E-state index contributed by atoms with van der Waals surface area (Å²) in [7, 11) is 4.69. The smallest absolute Gasteiger partial charge is 0.342 e. The van der Waals surface area contributed by atoms with Gasteiger partial charge in [0.15, 0.2) is 0 Å². The van der Waals surface area contributed by atoms with Crippen LogP contribution < -0.4 is 14.2 Å². The minimum absolute atomic E-state index is 0.185. The van der Waals surface area contributed by atoms with Gasteiger partial charge in [0.1, 0.15) is 28.3 Å². The van der Waals surface area contributed by atoms with E-state index in [1.165, 1.54) is 0 Å². The molecule has 0 amide bonds. The fourth-order valence-electron chi connectivity index (χ4n) is 4.22. The maximum Gasteiger partial charge on any atom is 0.342 e. The average Bonchev–Trinajstić information content (AvgIpc) is 3.45. The van der Waals surface area contributed by atoms with E-state index in [0.717, 1.165) is 22.8 Å². The summed E-state index contributed by atoms with van der Waals surface area (Å²) in [5, 5.41) is 11.9. The highest BCUT2D eigenvalue weighted by atomic mass is 32.1. The SMILES string of the molecule is COc1ccc(C2(O)OC(=O)C(c3ccc4nsnc4c3)=C2Cc2ccc(OC)cc2OC)cc1. The number of ether oxygens (including phenoxy) is 4. The fourth-order valence-corrected chi connectivity index (χ4v) is 4.73. The summed E-state index contributed by atoms with van der Waals surface area (Å²) >= 11 is 1.09. The normalized spacial score (nSPS) is 17.5. The predicted molar refractivity (Wildman–Crippen MR) is 131 cm³/mol. The first kappa shape index (κ1) is 22.8. The number of fused-ring (bicyclic) bond motifs is 1. The lowest BCUT2D eigenvalue weighted by atomic mass is 9.87. The zero-order valence-electron chi connectivity index (χ0n) is 19.3. The number of carbonyl (C=O) groups excluding carboxylic acids is 1. The molecule has 1 unspecified atom stereocenters. The van der Waals surface area contributed by atoms with Crippen molar-refractivity contribution in [3.63, 3.8) is 0 Å². The third-order valence-corrected chi connectivity index (χ3v) is 6.60. The topological polar surface area (TPSA) is 100 Å². The van der Waals surface area contributed by atoms with Crippen LogP contribution in [0.25, 0.3) is 16.6 Å². The predicted octanol–water partition coefficient (Wildman–Crippen LogP) is 4.12. The number of benzene rings is 3. The Morgan fingerprint density at radius 2 is 1.60 bits per heavy atom. The number of hydrogen-bond donors (Lipinski definition) is 1. The van der Waals surface area contributed by atoms with Crippen LogP contribution in [0.2, 0.25) is 0 Å². The molecule has 1 aliphatic heterocycles. The van der Waals surface area contributed by atoms with Gasteiger partial charge in [0.05, 0.1) is 38.6 Å².